The third-order valence-corrected chi connectivity index (χ3v) is 8.68. The summed E-state index contributed by atoms with van der Waals surface area (Å²) < 4.78 is 29.1. The minimum atomic E-state index is -4.11. The molecule has 4 aromatic carbocycles. The molecule has 0 radical (unpaired) electrons. The van der Waals surface area contributed by atoms with Gasteiger partial charge in [0, 0.05) is 20.0 Å². The van der Waals surface area contributed by atoms with Gasteiger partial charge in [0.1, 0.15) is 12.6 Å². The predicted molar refractivity (Wildman–Crippen MR) is 162 cm³/mol. The van der Waals surface area contributed by atoms with E-state index in [1.54, 1.807) is 42.5 Å². The van der Waals surface area contributed by atoms with E-state index in [2.05, 4.69) is 5.32 Å². The Morgan fingerprint density at radius 1 is 0.756 bits per heavy atom. The van der Waals surface area contributed by atoms with Crippen LogP contribution in [0, 0.1) is 13.8 Å². The second-order valence-corrected chi connectivity index (χ2v) is 11.9. The predicted octanol–water partition coefficient (Wildman–Crippen LogP) is 4.88. The maximum atomic E-state index is 14.2. The first-order chi connectivity index (χ1) is 19.7. The van der Waals surface area contributed by atoms with E-state index in [4.69, 9.17) is 0 Å². The fourth-order valence-corrected chi connectivity index (χ4v) is 6.06. The van der Waals surface area contributed by atoms with Gasteiger partial charge in [-0.25, -0.2) is 8.42 Å². The van der Waals surface area contributed by atoms with Gasteiger partial charge < -0.3 is 10.2 Å². The lowest BCUT2D eigenvalue weighted by Crippen LogP contribution is -2.53. The van der Waals surface area contributed by atoms with E-state index in [1.165, 1.54) is 11.9 Å². The Balaban J connectivity index is 1.77. The molecule has 0 aromatic heterocycles. The van der Waals surface area contributed by atoms with E-state index in [0.717, 1.165) is 26.6 Å². The molecular formula is C33H35N3O4S. The van der Waals surface area contributed by atoms with Crippen LogP contribution in [0.25, 0.3) is 0 Å². The van der Waals surface area contributed by atoms with Crippen molar-refractivity contribution in [2.45, 2.75) is 37.8 Å². The molecule has 1 atom stereocenters. The van der Waals surface area contributed by atoms with Crippen LogP contribution in [0.4, 0.5) is 5.69 Å². The van der Waals surface area contributed by atoms with Crippen molar-refractivity contribution < 1.29 is 18.0 Å². The summed E-state index contributed by atoms with van der Waals surface area (Å²) in [6.45, 7) is 3.40. The average Bonchev–Trinajstić information content (AvgIpc) is 2.98. The fourth-order valence-electron chi connectivity index (χ4n) is 4.65. The minimum Gasteiger partial charge on any atom is -0.357 e. The van der Waals surface area contributed by atoms with Crippen LogP contribution >= 0.6 is 0 Å². The number of nitrogens with one attached hydrogen (secondary N) is 1. The Kier molecular flexibility index (Phi) is 9.57. The van der Waals surface area contributed by atoms with Crippen molar-refractivity contribution in [2.24, 2.45) is 0 Å². The Bertz CT molecular complexity index is 1570. The second kappa shape index (κ2) is 13.3. The molecule has 0 aliphatic heterocycles. The van der Waals surface area contributed by atoms with Gasteiger partial charge in [-0.2, -0.15) is 0 Å². The summed E-state index contributed by atoms with van der Waals surface area (Å²) in [4.78, 5) is 29.1. The summed E-state index contributed by atoms with van der Waals surface area (Å²) >= 11 is 0. The molecule has 2 amide bonds. The molecule has 0 saturated carbocycles. The summed E-state index contributed by atoms with van der Waals surface area (Å²) in [6.07, 6.45) is 0.272. The van der Waals surface area contributed by atoms with Gasteiger partial charge in [0.25, 0.3) is 10.0 Å². The van der Waals surface area contributed by atoms with Crippen LogP contribution in [0.5, 0.6) is 0 Å². The monoisotopic (exact) mass is 569 g/mol. The highest BCUT2D eigenvalue weighted by molar-refractivity contribution is 7.92. The van der Waals surface area contributed by atoms with Crippen LogP contribution in [-0.2, 0) is 32.6 Å². The molecule has 41 heavy (non-hydrogen) atoms. The second-order valence-electron chi connectivity index (χ2n) is 9.99. The van der Waals surface area contributed by atoms with Crippen molar-refractivity contribution in [3.8, 4) is 0 Å². The maximum absolute atomic E-state index is 14.2. The Morgan fingerprint density at radius 2 is 1.37 bits per heavy atom. The smallest absolute Gasteiger partial charge is 0.264 e. The van der Waals surface area contributed by atoms with Crippen molar-refractivity contribution in [3.63, 3.8) is 0 Å². The summed E-state index contributed by atoms with van der Waals surface area (Å²) in [6, 6.07) is 31.6. The molecule has 1 N–H and O–H groups in total. The van der Waals surface area contributed by atoms with Crippen LogP contribution in [-0.4, -0.2) is 44.8 Å². The molecule has 0 aliphatic rings. The highest BCUT2D eigenvalue weighted by Crippen LogP contribution is 2.26. The molecule has 4 aromatic rings. The number of hydrogen-bond acceptors (Lipinski definition) is 4. The summed E-state index contributed by atoms with van der Waals surface area (Å²) in [5.41, 5.74) is 3.86. The van der Waals surface area contributed by atoms with Crippen LogP contribution in [0.1, 0.15) is 22.3 Å². The highest BCUT2D eigenvalue weighted by atomic mass is 32.2. The molecule has 0 bridgehead atoms. The number of carbonyl (C=O) groups excluding carboxylic acids is 2. The number of anilines is 1. The third kappa shape index (κ3) is 7.41. The van der Waals surface area contributed by atoms with E-state index >= 15 is 0 Å². The minimum absolute atomic E-state index is 0.0825. The first-order valence-electron chi connectivity index (χ1n) is 13.4. The highest BCUT2D eigenvalue weighted by Gasteiger charge is 2.34. The average molecular weight is 570 g/mol. The van der Waals surface area contributed by atoms with Crippen LogP contribution < -0.4 is 9.62 Å². The molecule has 4 rings (SSSR count). The molecule has 0 spiro atoms. The lowest BCUT2D eigenvalue weighted by molar-refractivity contribution is -0.139. The topological polar surface area (TPSA) is 86.8 Å². The lowest BCUT2D eigenvalue weighted by atomic mass is 10.0. The summed E-state index contributed by atoms with van der Waals surface area (Å²) in [5, 5.41) is 2.70. The summed E-state index contributed by atoms with van der Waals surface area (Å²) in [5.74, 6) is -0.822. The van der Waals surface area contributed by atoms with E-state index in [1.807, 2.05) is 80.6 Å². The molecule has 0 aliphatic carbocycles. The quantitative estimate of drug-likeness (QED) is 0.279. The standard InChI is InChI=1S/C33H35N3O4S/c1-25-17-19-30(20-18-25)41(39,40)36(29-16-10-11-26(2)21-29)24-32(37)35(23-28-14-8-5-9-15-28)31(33(38)34-3)22-27-12-6-4-7-13-27/h4-21,31H,22-24H2,1-3H3,(H,34,38)/t31-/m0/s1. The molecule has 0 unspecified atom stereocenters. The Labute approximate surface area is 242 Å². The number of hydrogen-bond donors (Lipinski definition) is 1. The Morgan fingerprint density at radius 3 is 1.95 bits per heavy atom. The van der Waals surface area contributed by atoms with Gasteiger partial charge in [-0.1, -0.05) is 90.5 Å². The number of nitrogens with zero attached hydrogens (tertiary/aromatic N) is 2. The van der Waals surface area contributed by atoms with Crippen LogP contribution in [0.15, 0.2) is 114 Å². The van der Waals surface area contributed by atoms with Gasteiger partial charge in [0.15, 0.2) is 0 Å². The number of rotatable bonds is 11. The summed E-state index contributed by atoms with van der Waals surface area (Å²) in [7, 11) is -2.58. The largest absolute Gasteiger partial charge is 0.357 e. The van der Waals surface area contributed by atoms with E-state index in [9.17, 15) is 18.0 Å². The van der Waals surface area contributed by atoms with Gasteiger partial charge in [-0.3, -0.25) is 13.9 Å². The molecular weight excluding hydrogens is 534 g/mol. The van der Waals surface area contributed by atoms with Gasteiger partial charge in [-0.15, -0.1) is 0 Å². The van der Waals surface area contributed by atoms with Crippen LogP contribution in [0.2, 0.25) is 0 Å². The molecule has 0 heterocycles. The number of benzene rings is 4. The number of amides is 2. The Hall–Kier alpha value is -4.43. The first kappa shape index (κ1) is 29.6. The van der Waals surface area contributed by atoms with E-state index in [-0.39, 0.29) is 23.8 Å². The molecule has 212 valence electrons. The van der Waals surface area contributed by atoms with E-state index < -0.39 is 28.5 Å². The lowest BCUT2D eigenvalue weighted by Gasteiger charge is -2.33. The van der Waals surface area contributed by atoms with Gasteiger partial charge in [-0.05, 0) is 54.8 Å². The van der Waals surface area contributed by atoms with Crippen molar-refractivity contribution in [1.29, 1.82) is 0 Å². The van der Waals surface area contributed by atoms with Crippen molar-refractivity contribution >= 4 is 27.5 Å². The number of sulfonamides is 1. The zero-order valence-electron chi connectivity index (χ0n) is 23.5. The molecule has 7 nitrogen and oxygen atoms in total. The normalized spacial score (nSPS) is 11.9. The van der Waals surface area contributed by atoms with Crippen molar-refractivity contribution in [3.05, 3.63) is 131 Å². The zero-order valence-corrected chi connectivity index (χ0v) is 24.3. The van der Waals surface area contributed by atoms with Crippen molar-refractivity contribution in [1.82, 2.24) is 10.2 Å². The van der Waals surface area contributed by atoms with Gasteiger partial charge in [0.2, 0.25) is 11.8 Å². The third-order valence-electron chi connectivity index (χ3n) is 6.89. The number of likely N-dealkylation sites (N-methyl/N-ethyl adjacent to an activating group) is 1. The SMILES string of the molecule is CNC(=O)[C@H](Cc1ccccc1)N(Cc1ccccc1)C(=O)CN(c1cccc(C)c1)S(=O)(=O)c1ccc(C)cc1. The molecule has 8 heteroatoms. The zero-order chi connectivity index (χ0) is 29.4. The first-order valence-corrected chi connectivity index (χ1v) is 14.9. The number of aryl methyl sites for hydroxylation is 2. The maximum Gasteiger partial charge on any atom is 0.264 e. The molecule has 0 fully saturated rings. The number of carbonyl (C=O) groups is 2. The van der Waals surface area contributed by atoms with Gasteiger partial charge >= 0.3 is 0 Å². The van der Waals surface area contributed by atoms with E-state index in [0.29, 0.717) is 5.69 Å². The fraction of sp³-hybridized carbons (Fsp3) is 0.212. The van der Waals surface area contributed by atoms with Gasteiger partial charge in [0.05, 0.1) is 10.6 Å². The van der Waals surface area contributed by atoms with Crippen LogP contribution in [0.3, 0.4) is 0 Å². The molecule has 0 saturated heterocycles. The van der Waals surface area contributed by atoms with Crippen molar-refractivity contribution in [2.75, 3.05) is 17.9 Å².